The molecule has 170 valence electrons. The average Bonchev–Trinajstić information content (AvgIpc) is 3.08. The van der Waals surface area contributed by atoms with Gasteiger partial charge < -0.3 is 9.47 Å². The van der Waals surface area contributed by atoms with Crippen LogP contribution in [0.25, 0.3) is 5.82 Å². The number of pyridine rings is 1. The molecular formula is C26H35N5O. The normalized spacial score (nSPS) is 10.9. The molecule has 0 aliphatic heterocycles. The Kier molecular flexibility index (Phi) is 7.70. The Hall–Kier alpha value is -3.12. The van der Waals surface area contributed by atoms with Gasteiger partial charge in [0, 0.05) is 50.3 Å². The van der Waals surface area contributed by atoms with Crippen LogP contribution in [0.1, 0.15) is 42.4 Å². The van der Waals surface area contributed by atoms with Crippen molar-refractivity contribution in [3.63, 3.8) is 0 Å². The molecule has 0 atom stereocenters. The fourth-order valence-corrected chi connectivity index (χ4v) is 3.90. The van der Waals surface area contributed by atoms with Crippen LogP contribution < -0.4 is 15.3 Å². The Bertz CT molecular complexity index is 1030. The summed E-state index contributed by atoms with van der Waals surface area (Å²) in [4.78, 5) is 19.1. The van der Waals surface area contributed by atoms with Crippen LogP contribution in [-0.4, -0.2) is 36.1 Å². The Morgan fingerprint density at radius 1 is 0.938 bits per heavy atom. The minimum absolute atomic E-state index is 0.0231. The number of hydrazine groups is 1. The number of anilines is 2. The monoisotopic (exact) mass is 433 g/mol. The lowest BCUT2D eigenvalue weighted by molar-refractivity contribution is -0.117. The number of carbonyl (C=O) groups excluding carboxylic acids is 1. The Balaban J connectivity index is 1.56. The number of unbranched alkanes of at least 4 members (excludes halogenated alkanes) is 1. The molecule has 0 aliphatic carbocycles. The molecule has 0 spiro atoms. The van der Waals surface area contributed by atoms with Gasteiger partial charge in [0.1, 0.15) is 5.82 Å². The number of benzene rings is 1. The molecule has 0 aliphatic rings. The maximum atomic E-state index is 12.1. The Morgan fingerprint density at radius 3 is 2.16 bits per heavy atom. The van der Waals surface area contributed by atoms with Gasteiger partial charge in [0.05, 0.1) is 5.69 Å². The fourth-order valence-electron chi connectivity index (χ4n) is 3.90. The molecule has 0 saturated heterocycles. The number of amides is 1. The van der Waals surface area contributed by atoms with Gasteiger partial charge in [-0.25, -0.2) is 15.4 Å². The zero-order valence-corrected chi connectivity index (χ0v) is 20.1. The zero-order valence-electron chi connectivity index (χ0n) is 20.1. The number of carbonyl (C=O) groups is 1. The summed E-state index contributed by atoms with van der Waals surface area (Å²) in [7, 11) is 4.01. The van der Waals surface area contributed by atoms with E-state index in [1.54, 1.807) is 11.9 Å². The second kappa shape index (κ2) is 10.5. The first-order valence-corrected chi connectivity index (χ1v) is 11.2. The van der Waals surface area contributed by atoms with Gasteiger partial charge in [-0.05, 0) is 94.1 Å². The third kappa shape index (κ3) is 5.77. The Morgan fingerprint density at radius 2 is 1.56 bits per heavy atom. The number of nitrogens with zero attached hydrogens (tertiary/aromatic N) is 4. The van der Waals surface area contributed by atoms with E-state index in [0.29, 0.717) is 0 Å². The van der Waals surface area contributed by atoms with Gasteiger partial charge in [0.25, 0.3) is 0 Å². The summed E-state index contributed by atoms with van der Waals surface area (Å²) < 4.78 is 2.20. The highest BCUT2D eigenvalue weighted by Gasteiger charge is 2.11. The summed E-state index contributed by atoms with van der Waals surface area (Å²) in [6.07, 6.45) is 2.86. The standard InChI is InChI=1S/C26H35N5O/c1-19-17-23(28-26(18-19)30-20(2)10-11-21(30)3)9-7-8-16-27-31(22(4)32)25-14-12-24(13-15-25)29(5)6/h10-15,17-18,27H,7-9,16H2,1-6H3. The molecule has 6 heteroatoms. The predicted octanol–water partition coefficient (Wildman–Crippen LogP) is 4.74. The van der Waals surface area contributed by atoms with Gasteiger partial charge in [0.2, 0.25) is 5.91 Å². The lowest BCUT2D eigenvalue weighted by atomic mass is 10.1. The smallest absolute Gasteiger partial charge is 0.238 e. The van der Waals surface area contributed by atoms with Crippen LogP contribution in [0.4, 0.5) is 11.4 Å². The molecule has 0 bridgehead atoms. The van der Waals surface area contributed by atoms with Crippen molar-refractivity contribution in [2.24, 2.45) is 0 Å². The predicted molar refractivity (Wildman–Crippen MR) is 133 cm³/mol. The van der Waals surface area contributed by atoms with Gasteiger partial charge >= 0.3 is 0 Å². The first kappa shape index (κ1) is 23.5. The minimum atomic E-state index is -0.0231. The number of hydrogen-bond acceptors (Lipinski definition) is 4. The third-order valence-electron chi connectivity index (χ3n) is 5.58. The van der Waals surface area contributed by atoms with Crippen LogP contribution in [0, 0.1) is 20.8 Å². The molecule has 2 heterocycles. The van der Waals surface area contributed by atoms with E-state index in [9.17, 15) is 4.79 Å². The number of aromatic nitrogens is 2. The number of rotatable bonds is 9. The summed E-state index contributed by atoms with van der Waals surface area (Å²) >= 11 is 0. The summed E-state index contributed by atoms with van der Waals surface area (Å²) in [5.74, 6) is 0.965. The van der Waals surface area contributed by atoms with Crippen molar-refractivity contribution in [2.45, 2.75) is 47.0 Å². The van der Waals surface area contributed by atoms with Crippen LogP contribution in [-0.2, 0) is 11.2 Å². The largest absolute Gasteiger partial charge is 0.378 e. The van der Waals surface area contributed by atoms with Crippen LogP contribution in [0.5, 0.6) is 0 Å². The van der Waals surface area contributed by atoms with Gasteiger partial charge in [-0.3, -0.25) is 4.79 Å². The molecule has 0 radical (unpaired) electrons. The average molecular weight is 434 g/mol. The molecular weight excluding hydrogens is 398 g/mol. The van der Waals surface area contributed by atoms with E-state index in [4.69, 9.17) is 4.98 Å². The third-order valence-corrected chi connectivity index (χ3v) is 5.58. The highest BCUT2D eigenvalue weighted by Crippen LogP contribution is 2.19. The van der Waals surface area contributed by atoms with E-state index in [0.717, 1.165) is 48.7 Å². The van der Waals surface area contributed by atoms with Crippen molar-refractivity contribution >= 4 is 17.3 Å². The van der Waals surface area contributed by atoms with E-state index in [1.165, 1.54) is 17.0 Å². The zero-order chi connectivity index (χ0) is 23.3. The SMILES string of the molecule is CC(=O)N(NCCCCc1cc(C)cc(-n2c(C)ccc2C)n1)c1ccc(N(C)C)cc1. The van der Waals surface area contributed by atoms with E-state index < -0.39 is 0 Å². The maximum Gasteiger partial charge on any atom is 0.238 e. The first-order valence-electron chi connectivity index (χ1n) is 11.2. The number of nitrogens with one attached hydrogen (secondary N) is 1. The molecule has 0 unspecified atom stereocenters. The summed E-state index contributed by atoms with van der Waals surface area (Å²) in [6, 6.07) is 16.5. The fraction of sp³-hybridized carbons (Fsp3) is 0.385. The van der Waals surface area contributed by atoms with Crippen LogP contribution >= 0.6 is 0 Å². The molecule has 3 aromatic rings. The Labute approximate surface area is 191 Å². The second-order valence-electron chi connectivity index (χ2n) is 8.58. The molecule has 1 N–H and O–H groups in total. The van der Waals surface area contributed by atoms with Crippen LogP contribution in [0.15, 0.2) is 48.5 Å². The molecule has 6 nitrogen and oxygen atoms in total. The summed E-state index contributed by atoms with van der Waals surface area (Å²) in [5, 5.41) is 1.63. The van der Waals surface area contributed by atoms with E-state index in [1.807, 2.05) is 43.3 Å². The summed E-state index contributed by atoms with van der Waals surface area (Å²) in [5.41, 5.74) is 9.95. The van der Waals surface area contributed by atoms with E-state index in [2.05, 4.69) is 55.0 Å². The van der Waals surface area contributed by atoms with Crippen molar-refractivity contribution in [1.82, 2.24) is 15.0 Å². The van der Waals surface area contributed by atoms with Gasteiger partial charge in [-0.1, -0.05) is 0 Å². The molecule has 32 heavy (non-hydrogen) atoms. The molecule has 0 fully saturated rings. The van der Waals surface area contributed by atoms with Gasteiger partial charge in [0.15, 0.2) is 0 Å². The second-order valence-corrected chi connectivity index (χ2v) is 8.58. The lowest BCUT2D eigenvalue weighted by Gasteiger charge is -2.23. The topological polar surface area (TPSA) is 53.4 Å². The lowest BCUT2D eigenvalue weighted by Crippen LogP contribution is -2.42. The van der Waals surface area contributed by atoms with Crippen molar-refractivity contribution in [3.05, 3.63) is 71.2 Å². The molecule has 3 rings (SSSR count). The molecule has 2 aromatic heterocycles. The van der Waals surface area contributed by atoms with Gasteiger partial charge in [-0.15, -0.1) is 0 Å². The van der Waals surface area contributed by atoms with Crippen molar-refractivity contribution in [2.75, 3.05) is 30.5 Å². The molecule has 1 aromatic carbocycles. The highest BCUT2D eigenvalue weighted by molar-refractivity contribution is 5.90. The van der Waals surface area contributed by atoms with Gasteiger partial charge in [-0.2, -0.15) is 0 Å². The van der Waals surface area contributed by atoms with Crippen LogP contribution in [0.2, 0.25) is 0 Å². The summed E-state index contributed by atoms with van der Waals surface area (Å²) in [6.45, 7) is 8.64. The van der Waals surface area contributed by atoms with Crippen LogP contribution in [0.3, 0.4) is 0 Å². The maximum absolute atomic E-state index is 12.1. The first-order chi connectivity index (χ1) is 15.3. The number of aryl methyl sites for hydroxylation is 4. The number of hydrogen-bond donors (Lipinski definition) is 1. The quantitative estimate of drug-likeness (QED) is 0.391. The van der Waals surface area contributed by atoms with Crippen molar-refractivity contribution in [1.29, 1.82) is 0 Å². The highest BCUT2D eigenvalue weighted by atomic mass is 16.2. The van der Waals surface area contributed by atoms with Crippen molar-refractivity contribution in [3.8, 4) is 5.82 Å². The van der Waals surface area contributed by atoms with E-state index in [-0.39, 0.29) is 5.91 Å². The molecule has 1 amide bonds. The van der Waals surface area contributed by atoms with E-state index >= 15 is 0 Å². The minimum Gasteiger partial charge on any atom is -0.378 e. The molecule has 0 saturated carbocycles. The van der Waals surface area contributed by atoms with Crippen molar-refractivity contribution < 1.29 is 4.79 Å².